The molecule has 0 fully saturated rings. The van der Waals surface area contributed by atoms with Crippen LogP contribution in [0.3, 0.4) is 0 Å². The smallest absolute Gasteiger partial charge is 0.263 e. The molecule has 0 saturated heterocycles. The zero-order valence-electron chi connectivity index (χ0n) is 9.69. The summed E-state index contributed by atoms with van der Waals surface area (Å²) >= 11 is 1.54. The van der Waals surface area contributed by atoms with Crippen LogP contribution in [0.5, 0.6) is 0 Å². The number of aryl methyl sites for hydroxylation is 1. The molecule has 1 heterocycles. The van der Waals surface area contributed by atoms with E-state index in [2.05, 4.69) is 13.0 Å². The van der Waals surface area contributed by atoms with E-state index in [0.29, 0.717) is 19.5 Å². The summed E-state index contributed by atoms with van der Waals surface area (Å²) in [6.07, 6.45) is 1.36. The lowest BCUT2D eigenvalue weighted by Gasteiger charge is -2.18. The molecule has 1 aromatic heterocycles. The second-order valence-electron chi connectivity index (χ2n) is 3.41. The fourth-order valence-corrected chi connectivity index (χ4v) is 2.34. The molecule has 0 atom stereocenters. The maximum atomic E-state index is 12.0. The number of rotatable bonds is 5. The van der Waals surface area contributed by atoms with Gasteiger partial charge in [-0.25, -0.2) is 0 Å². The van der Waals surface area contributed by atoms with Crippen molar-refractivity contribution in [2.24, 2.45) is 0 Å². The SMILES string of the molecule is CCc1ccc(C(=O)N(CC)CCC#N)s1. The van der Waals surface area contributed by atoms with Gasteiger partial charge in [-0.3, -0.25) is 4.79 Å². The minimum absolute atomic E-state index is 0.0439. The molecule has 1 amide bonds. The number of carbonyl (C=O) groups excluding carboxylic acids is 1. The summed E-state index contributed by atoms with van der Waals surface area (Å²) in [4.78, 5) is 15.8. The molecule has 0 aliphatic heterocycles. The standard InChI is InChI=1S/C12H16N2OS/c1-3-10-6-7-11(16-10)12(15)14(4-2)9-5-8-13/h6-7H,3-5,9H2,1-2H3. The van der Waals surface area contributed by atoms with E-state index < -0.39 is 0 Å². The molecule has 1 rings (SSSR count). The van der Waals surface area contributed by atoms with Gasteiger partial charge in [0, 0.05) is 18.0 Å². The van der Waals surface area contributed by atoms with Crippen LogP contribution in [0, 0.1) is 11.3 Å². The first kappa shape index (κ1) is 12.7. The summed E-state index contributed by atoms with van der Waals surface area (Å²) in [5.74, 6) is 0.0439. The largest absolute Gasteiger partial charge is 0.337 e. The van der Waals surface area contributed by atoms with E-state index in [9.17, 15) is 4.79 Å². The Hall–Kier alpha value is -1.34. The summed E-state index contributed by atoms with van der Waals surface area (Å²) in [5.41, 5.74) is 0. The number of carbonyl (C=O) groups is 1. The first-order chi connectivity index (χ1) is 7.72. The fourth-order valence-electron chi connectivity index (χ4n) is 1.43. The highest BCUT2D eigenvalue weighted by atomic mass is 32.1. The maximum absolute atomic E-state index is 12.0. The lowest BCUT2D eigenvalue weighted by atomic mass is 10.3. The van der Waals surface area contributed by atoms with Crippen molar-refractivity contribution in [3.8, 4) is 6.07 Å². The first-order valence-corrected chi connectivity index (χ1v) is 6.29. The highest BCUT2D eigenvalue weighted by molar-refractivity contribution is 7.14. The van der Waals surface area contributed by atoms with Gasteiger partial charge in [0.15, 0.2) is 0 Å². The molecule has 0 aliphatic carbocycles. The van der Waals surface area contributed by atoms with E-state index >= 15 is 0 Å². The average molecular weight is 236 g/mol. The van der Waals surface area contributed by atoms with Crippen molar-refractivity contribution >= 4 is 17.2 Å². The van der Waals surface area contributed by atoms with Gasteiger partial charge in [-0.15, -0.1) is 11.3 Å². The van der Waals surface area contributed by atoms with Gasteiger partial charge in [0.25, 0.3) is 5.91 Å². The molecule has 0 radical (unpaired) electrons. The quantitative estimate of drug-likeness (QED) is 0.789. The second kappa shape index (κ2) is 6.29. The number of amides is 1. The van der Waals surface area contributed by atoms with Gasteiger partial charge < -0.3 is 4.90 Å². The van der Waals surface area contributed by atoms with E-state index in [4.69, 9.17) is 5.26 Å². The van der Waals surface area contributed by atoms with E-state index in [-0.39, 0.29) is 5.91 Å². The number of nitriles is 1. The summed E-state index contributed by atoms with van der Waals surface area (Å²) in [5, 5.41) is 8.52. The van der Waals surface area contributed by atoms with Crippen LogP contribution in [0.15, 0.2) is 12.1 Å². The zero-order valence-corrected chi connectivity index (χ0v) is 10.5. The monoisotopic (exact) mass is 236 g/mol. The van der Waals surface area contributed by atoms with Crippen molar-refractivity contribution in [3.05, 3.63) is 21.9 Å². The Morgan fingerprint density at radius 1 is 1.50 bits per heavy atom. The molecule has 3 nitrogen and oxygen atoms in total. The predicted octanol–water partition coefficient (Wildman–Crippen LogP) is 2.69. The molecule has 0 spiro atoms. The number of thiophene rings is 1. The van der Waals surface area contributed by atoms with Crippen LogP contribution in [0.1, 0.15) is 34.8 Å². The molecule has 0 aromatic carbocycles. The van der Waals surface area contributed by atoms with Gasteiger partial charge in [0.1, 0.15) is 0 Å². The van der Waals surface area contributed by atoms with Gasteiger partial charge in [-0.1, -0.05) is 6.92 Å². The van der Waals surface area contributed by atoms with Crippen molar-refractivity contribution in [3.63, 3.8) is 0 Å². The highest BCUT2D eigenvalue weighted by Gasteiger charge is 2.15. The van der Waals surface area contributed by atoms with Crippen LogP contribution in [-0.2, 0) is 6.42 Å². The Kier molecular flexibility index (Phi) is 5.00. The molecule has 0 bridgehead atoms. The summed E-state index contributed by atoms with van der Waals surface area (Å²) in [6.45, 7) is 5.18. The Morgan fingerprint density at radius 3 is 2.75 bits per heavy atom. The lowest BCUT2D eigenvalue weighted by Crippen LogP contribution is -2.31. The van der Waals surface area contributed by atoms with Crippen LogP contribution < -0.4 is 0 Å². The molecule has 0 unspecified atom stereocenters. The topological polar surface area (TPSA) is 44.1 Å². The molecule has 0 N–H and O–H groups in total. The average Bonchev–Trinajstić information content (AvgIpc) is 2.78. The number of hydrogen-bond donors (Lipinski definition) is 0. The van der Waals surface area contributed by atoms with Gasteiger partial charge in [0.2, 0.25) is 0 Å². The third kappa shape index (κ3) is 3.07. The van der Waals surface area contributed by atoms with Crippen molar-refractivity contribution < 1.29 is 4.79 Å². The van der Waals surface area contributed by atoms with Gasteiger partial charge >= 0.3 is 0 Å². The third-order valence-electron chi connectivity index (χ3n) is 2.38. The van der Waals surface area contributed by atoms with E-state index in [1.807, 2.05) is 19.1 Å². The van der Waals surface area contributed by atoms with Gasteiger partial charge in [-0.2, -0.15) is 5.26 Å². The number of nitrogens with zero attached hydrogens (tertiary/aromatic N) is 2. The Balaban J connectivity index is 2.71. The summed E-state index contributed by atoms with van der Waals surface area (Å²) in [6, 6.07) is 5.94. The molecule has 86 valence electrons. The Bertz CT molecular complexity index is 392. The van der Waals surface area contributed by atoms with Gasteiger partial charge in [0.05, 0.1) is 17.4 Å². The van der Waals surface area contributed by atoms with Crippen LogP contribution in [0.2, 0.25) is 0 Å². The van der Waals surface area contributed by atoms with Crippen LogP contribution in [-0.4, -0.2) is 23.9 Å². The Morgan fingerprint density at radius 2 is 2.25 bits per heavy atom. The van der Waals surface area contributed by atoms with Crippen LogP contribution in [0.4, 0.5) is 0 Å². The molecule has 4 heteroatoms. The maximum Gasteiger partial charge on any atom is 0.263 e. The second-order valence-corrected chi connectivity index (χ2v) is 4.58. The van der Waals surface area contributed by atoms with E-state index in [1.54, 1.807) is 16.2 Å². The molecule has 1 aromatic rings. The van der Waals surface area contributed by atoms with Crippen molar-refractivity contribution in [1.29, 1.82) is 5.26 Å². The predicted molar refractivity (Wildman–Crippen MR) is 65.5 cm³/mol. The summed E-state index contributed by atoms with van der Waals surface area (Å²) in [7, 11) is 0. The van der Waals surface area contributed by atoms with Gasteiger partial charge in [-0.05, 0) is 25.5 Å². The van der Waals surface area contributed by atoms with E-state index in [0.717, 1.165) is 11.3 Å². The lowest BCUT2D eigenvalue weighted by molar-refractivity contribution is 0.0772. The summed E-state index contributed by atoms with van der Waals surface area (Å²) < 4.78 is 0. The third-order valence-corrected chi connectivity index (χ3v) is 3.60. The van der Waals surface area contributed by atoms with Crippen molar-refractivity contribution in [1.82, 2.24) is 4.90 Å². The minimum Gasteiger partial charge on any atom is -0.337 e. The number of hydrogen-bond acceptors (Lipinski definition) is 3. The molecular weight excluding hydrogens is 220 g/mol. The van der Waals surface area contributed by atoms with Crippen LogP contribution in [0.25, 0.3) is 0 Å². The first-order valence-electron chi connectivity index (χ1n) is 5.47. The Labute approximate surface area is 100 Å². The fraction of sp³-hybridized carbons (Fsp3) is 0.500. The minimum atomic E-state index is 0.0439. The molecular formula is C12H16N2OS. The van der Waals surface area contributed by atoms with Crippen molar-refractivity contribution in [2.75, 3.05) is 13.1 Å². The van der Waals surface area contributed by atoms with Crippen molar-refractivity contribution in [2.45, 2.75) is 26.7 Å². The van der Waals surface area contributed by atoms with Crippen LogP contribution >= 0.6 is 11.3 Å². The molecule has 0 saturated carbocycles. The molecule has 16 heavy (non-hydrogen) atoms. The highest BCUT2D eigenvalue weighted by Crippen LogP contribution is 2.18. The van der Waals surface area contributed by atoms with E-state index in [1.165, 1.54) is 4.88 Å². The molecule has 0 aliphatic rings. The normalized spacial score (nSPS) is 9.81. The zero-order chi connectivity index (χ0) is 12.0.